The van der Waals surface area contributed by atoms with E-state index in [0.29, 0.717) is 12.8 Å². The van der Waals surface area contributed by atoms with Gasteiger partial charge in [0.15, 0.2) is 0 Å². The van der Waals surface area contributed by atoms with Gasteiger partial charge in [0.2, 0.25) is 0 Å². The number of primary amides is 1. The Labute approximate surface area is 64.7 Å². The summed E-state index contributed by atoms with van der Waals surface area (Å²) in [5.74, 6) is 0.155. The summed E-state index contributed by atoms with van der Waals surface area (Å²) in [4.78, 5) is 21.1. The third kappa shape index (κ3) is 2.57. The molecule has 4 heteroatoms. The summed E-state index contributed by atoms with van der Waals surface area (Å²) in [5, 5.41) is 0. The highest BCUT2D eigenvalue weighted by atomic mass is 16.6. The zero-order valence-corrected chi connectivity index (χ0v) is 6.21. The predicted octanol–water partition coefficient (Wildman–Crippen LogP) is 0.593. The number of ether oxygens (including phenoxy) is 1. The van der Waals surface area contributed by atoms with Gasteiger partial charge in [-0.15, -0.1) is 0 Å². The Kier molecular flexibility index (Phi) is 2.46. The monoisotopic (exact) mass is 157 g/mol. The van der Waals surface area contributed by atoms with E-state index >= 15 is 0 Å². The van der Waals surface area contributed by atoms with Crippen LogP contribution in [0.2, 0.25) is 0 Å². The maximum atomic E-state index is 10.8. The van der Waals surface area contributed by atoms with Crippen molar-refractivity contribution in [2.75, 3.05) is 0 Å². The molecule has 1 aliphatic carbocycles. The van der Waals surface area contributed by atoms with Crippen molar-refractivity contribution < 1.29 is 14.3 Å². The van der Waals surface area contributed by atoms with Crippen LogP contribution in [0.3, 0.4) is 0 Å². The van der Waals surface area contributed by atoms with Crippen LogP contribution < -0.4 is 5.73 Å². The standard InChI is InChI=1S/C7H11NO3/c8-7(10)11-6-3-1-2-5(9)4-6/h6H,1-4H2,(H2,8,10). The lowest BCUT2D eigenvalue weighted by molar-refractivity contribution is -0.122. The SMILES string of the molecule is NC(=O)OC1CCCC(=O)C1. The van der Waals surface area contributed by atoms with Gasteiger partial charge < -0.3 is 10.5 Å². The molecular formula is C7H11NO3. The smallest absolute Gasteiger partial charge is 0.404 e. The highest BCUT2D eigenvalue weighted by Crippen LogP contribution is 2.17. The molecule has 4 nitrogen and oxygen atoms in total. The van der Waals surface area contributed by atoms with E-state index in [1.807, 2.05) is 0 Å². The molecule has 0 aromatic carbocycles. The van der Waals surface area contributed by atoms with E-state index in [0.717, 1.165) is 12.8 Å². The topological polar surface area (TPSA) is 69.4 Å². The van der Waals surface area contributed by atoms with Gasteiger partial charge in [-0.3, -0.25) is 4.79 Å². The molecule has 0 radical (unpaired) electrons. The van der Waals surface area contributed by atoms with Crippen molar-refractivity contribution in [3.63, 3.8) is 0 Å². The number of Topliss-reactive ketones (excluding diaryl/α,β-unsaturated/α-hetero) is 1. The van der Waals surface area contributed by atoms with E-state index in [-0.39, 0.29) is 11.9 Å². The fourth-order valence-corrected chi connectivity index (χ4v) is 1.25. The molecule has 1 atom stereocenters. The molecule has 0 spiro atoms. The van der Waals surface area contributed by atoms with E-state index in [9.17, 15) is 9.59 Å². The van der Waals surface area contributed by atoms with Crippen molar-refractivity contribution in [1.82, 2.24) is 0 Å². The number of ketones is 1. The number of rotatable bonds is 1. The first-order valence-electron chi connectivity index (χ1n) is 3.66. The molecule has 0 saturated heterocycles. The third-order valence-corrected chi connectivity index (χ3v) is 1.72. The Morgan fingerprint density at radius 2 is 2.36 bits per heavy atom. The van der Waals surface area contributed by atoms with Crippen LogP contribution in [-0.4, -0.2) is 18.0 Å². The van der Waals surface area contributed by atoms with Crippen molar-refractivity contribution in [2.45, 2.75) is 31.8 Å². The first kappa shape index (κ1) is 8.04. The summed E-state index contributed by atoms with van der Waals surface area (Å²) in [7, 11) is 0. The summed E-state index contributed by atoms with van der Waals surface area (Å²) in [6.07, 6.45) is 1.45. The van der Waals surface area contributed by atoms with Crippen LogP contribution in [0.25, 0.3) is 0 Å². The van der Waals surface area contributed by atoms with Gasteiger partial charge in [-0.1, -0.05) is 0 Å². The van der Waals surface area contributed by atoms with E-state index < -0.39 is 6.09 Å². The number of amides is 1. The first-order chi connectivity index (χ1) is 5.18. The van der Waals surface area contributed by atoms with E-state index in [4.69, 9.17) is 5.73 Å². The maximum absolute atomic E-state index is 10.8. The van der Waals surface area contributed by atoms with Gasteiger partial charge in [-0.2, -0.15) is 0 Å². The minimum Gasteiger partial charge on any atom is -0.446 e. The van der Waals surface area contributed by atoms with Gasteiger partial charge in [0.25, 0.3) is 0 Å². The number of carbonyl (C=O) groups excluding carboxylic acids is 2. The molecular weight excluding hydrogens is 146 g/mol. The summed E-state index contributed by atoms with van der Waals surface area (Å²) in [5.41, 5.74) is 4.80. The lowest BCUT2D eigenvalue weighted by atomic mass is 9.97. The second-order valence-electron chi connectivity index (χ2n) is 2.69. The van der Waals surface area contributed by atoms with Gasteiger partial charge in [0.05, 0.1) is 0 Å². The number of hydrogen-bond acceptors (Lipinski definition) is 3. The van der Waals surface area contributed by atoms with Gasteiger partial charge >= 0.3 is 6.09 Å². The molecule has 0 aromatic rings. The highest BCUT2D eigenvalue weighted by Gasteiger charge is 2.21. The molecule has 2 N–H and O–H groups in total. The van der Waals surface area contributed by atoms with Crippen LogP contribution in [0.4, 0.5) is 4.79 Å². The lowest BCUT2D eigenvalue weighted by Crippen LogP contribution is -2.28. The summed E-state index contributed by atoms with van der Waals surface area (Å²) < 4.78 is 4.68. The molecule has 62 valence electrons. The zero-order chi connectivity index (χ0) is 8.27. The van der Waals surface area contributed by atoms with Crippen LogP contribution in [-0.2, 0) is 9.53 Å². The highest BCUT2D eigenvalue weighted by molar-refractivity contribution is 5.80. The molecule has 1 aliphatic rings. The molecule has 0 aliphatic heterocycles. The lowest BCUT2D eigenvalue weighted by Gasteiger charge is -2.19. The minimum absolute atomic E-state index is 0.155. The van der Waals surface area contributed by atoms with Crippen molar-refractivity contribution in [3.8, 4) is 0 Å². The largest absolute Gasteiger partial charge is 0.446 e. The number of carbonyl (C=O) groups is 2. The van der Waals surface area contributed by atoms with Crippen molar-refractivity contribution in [2.24, 2.45) is 5.73 Å². The fraction of sp³-hybridized carbons (Fsp3) is 0.714. The first-order valence-corrected chi connectivity index (χ1v) is 3.66. The van der Waals surface area contributed by atoms with Crippen molar-refractivity contribution in [1.29, 1.82) is 0 Å². The Balaban J connectivity index is 2.34. The quantitative estimate of drug-likeness (QED) is 0.605. The van der Waals surface area contributed by atoms with E-state index in [1.165, 1.54) is 0 Å². The molecule has 0 aromatic heterocycles. The van der Waals surface area contributed by atoms with Gasteiger partial charge in [-0.05, 0) is 12.8 Å². The van der Waals surface area contributed by atoms with Crippen LogP contribution >= 0.6 is 0 Å². The zero-order valence-electron chi connectivity index (χ0n) is 6.21. The van der Waals surface area contributed by atoms with Gasteiger partial charge in [-0.25, -0.2) is 4.79 Å². The maximum Gasteiger partial charge on any atom is 0.404 e. The van der Waals surface area contributed by atoms with Crippen LogP contribution in [0.1, 0.15) is 25.7 Å². The average molecular weight is 157 g/mol. The second-order valence-corrected chi connectivity index (χ2v) is 2.69. The van der Waals surface area contributed by atoms with Crippen LogP contribution in [0, 0.1) is 0 Å². The van der Waals surface area contributed by atoms with E-state index in [1.54, 1.807) is 0 Å². The third-order valence-electron chi connectivity index (χ3n) is 1.72. The number of nitrogens with two attached hydrogens (primary N) is 1. The molecule has 1 amide bonds. The molecule has 0 heterocycles. The molecule has 11 heavy (non-hydrogen) atoms. The minimum atomic E-state index is -0.787. The van der Waals surface area contributed by atoms with Crippen LogP contribution in [0.15, 0.2) is 0 Å². The molecule has 1 unspecified atom stereocenters. The van der Waals surface area contributed by atoms with Crippen molar-refractivity contribution >= 4 is 11.9 Å². The number of hydrogen-bond donors (Lipinski definition) is 1. The van der Waals surface area contributed by atoms with Crippen LogP contribution in [0.5, 0.6) is 0 Å². The average Bonchev–Trinajstić information content (AvgIpc) is 1.85. The molecule has 1 saturated carbocycles. The Hall–Kier alpha value is -1.06. The normalized spacial score (nSPS) is 24.7. The Morgan fingerprint density at radius 1 is 1.64 bits per heavy atom. The van der Waals surface area contributed by atoms with Gasteiger partial charge in [0.1, 0.15) is 11.9 Å². The second kappa shape index (κ2) is 3.37. The van der Waals surface area contributed by atoms with E-state index in [2.05, 4.69) is 4.74 Å². The summed E-state index contributed by atoms with van der Waals surface area (Å²) >= 11 is 0. The predicted molar refractivity (Wildman–Crippen MR) is 37.9 cm³/mol. The Bertz CT molecular complexity index is 177. The molecule has 1 fully saturated rings. The molecule has 0 bridgehead atoms. The fourth-order valence-electron chi connectivity index (χ4n) is 1.25. The summed E-state index contributed by atoms with van der Waals surface area (Å²) in [6.45, 7) is 0. The van der Waals surface area contributed by atoms with Gasteiger partial charge in [0, 0.05) is 12.8 Å². The van der Waals surface area contributed by atoms with Crippen molar-refractivity contribution in [3.05, 3.63) is 0 Å². The molecule has 1 rings (SSSR count). The summed E-state index contributed by atoms with van der Waals surface area (Å²) in [6, 6.07) is 0. The Morgan fingerprint density at radius 3 is 2.91 bits per heavy atom.